The topological polar surface area (TPSA) is 37.3 Å². The van der Waals surface area contributed by atoms with Crippen molar-refractivity contribution in [3.8, 4) is 0 Å². The Balaban J connectivity index is 0.00000128. The molecule has 88 valence electrons. The number of halogens is 2. The molecule has 1 atom stereocenters. The van der Waals surface area contributed by atoms with Crippen molar-refractivity contribution in [2.75, 3.05) is 16.3 Å². The summed E-state index contributed by atoms with van der Waals surface area (Å²) in [6.07, 6.45) is 0. The maximum atomic E-state index is 4.44. The van der Waals surface area contributed by atoms with Crippen molar-refractivity contribution in [2.24, 2.45) is 4.99 Å². The van der Waals surface area contributed by atoms with E-state index in [0.29, 0.717) is 5.25 Å². The molecule has 1 aromatic rings. The van der Waals surface area contributed by atoms with Crippen LogP contribution in [0.5, 0.6) is 0 Å². The molecule has 1 aliphatic heterocycles. The predicted octanol–water partition coefficient (Wildman–Crippen LogP) is 3.33. The fraction of sp³-hybridized carbons (Fsp3) is 0.400. The summed E-state index contributed by atoms with van der Waals surface area (Å²) >= 11 is 4.20. The second-order valence-corrected chi connectivity index (χ2v) is 5.50. The number of aliphatic imine (C=N–C) groups is 1. The van der Waals surface area contributed by atoms with Crippen LogP contribution in [-0.4, -0.2) is 26.4 Å². The lowest BCUT2D eigenvalue weighted by Gasteiger charge is -2.06. The molecule has 0 saturated heterocycles. The molecule has 0 bridgehead atoms. The molecular weight excluding hydrogens is 448 g/mol. The predicted molar refractivity (Wildman–Crippen MR) is 90.6 cm³/mol. The Morgan fingerprint density at radius 3 is 3.00 bits per heavy atom. The van der Waals surface area contributed by atoms with Gasteiger partial charge in [0.2, 0.25) is 0 Å². The van der Waals surface area contributed by atoms with Crippen LogP contribution in [0, 0.1) is 6.92 Å². The average Bonchev–Trinajstić information content (AvgIpc) is 2.65. The first-order valence-electron chi connectivity index (χ1n) is 4.75. The van der Waals surface area contributed by atoms with Gasteiger partial charge in [0, 0.05) is 15.4 Å². The Kier molecular flexibility index (Phi) is 6.34. The molecule has 0 aliphatic carbocycles. The van der Waals surface area contributed by atoms with Crippen molar-refractivity contribution >= 4 is 69.3 Å². The Hall–Kier alpha value is 0.430. The molecule has 16 heavy (non-hydrogen) atoms. The first kappa shape index (κ1) is 14.5. The molecule has 1 aliphatic rings. The van der Waals surface area contributed by atoms with E-state index in [9.17, 15) is 0 Å². The summed E-state index contributed by atoms with van der Waals surface area (Å²) in [5.41, 5.74) is 1.02. The van der Waals surface area contributed by atoms with Crippen LogP contribution in [0.1, 0.15) is 5.69 Å². The van der Waals surface area contributed by atoms with E-state index < -0.39 is 0 Å². The third kappa shape index (κ3) is 4.02. The first-order valence-corrected chi connectivity index (χ1v) is 7.16. The zero-order valence-electron chi connectivity index (χ0n) is 8.81. The number of anilines is 1. The van der Waals surface area contributed by atoms with Gasteiger partial charge < -0.3 is 5.32 Å². The zero-order valence-corrected chi connectivity index (χ0v) is 14.1. The molecule has 1 aromatic heterocycles. The van der Waals surface area contributed by atoms with Crippen molar-refractivity contribution < 1.29 is 0 Å². The lowest BCUT2D eigenvalue weighted by molar-refractivity contribution is 0.999. The van der Waals surface area contributed by atoms with Crippen LogP contribution in [0.4, 0.5) is 5.82 Å². The molecule has 2 heterocycles. The van der Waals surface area contributed by atoms with Crippen LogP contribution in [0.3, 0.4) is 0 Å². The number of aryl methyl sites for hydroxylation is 1. The number of pyridine rings is 1. The number of amidine groups is 1. The third-order valence-corrected chi connectivity index (χ3v) is 4.78. The van der Waals surface area contributed by atoms with Gasteiger partial charge in [0.1, 0.15) is 5.82 Å². The van der Waals surface area contributed by atoms with Crippen molar-refractivity contribution in [1.82, 2.24) is 4.98 Å². The normalized spacial score (nSPS) is 18.9. The van der Waals surface area contributed by atoms with E-state index in [-0.39, 0.29) is 24.0 Å². The van der Waals surface area contributed by atoms with E-state index in [2.05, 4.69) is 37.9 Å². The maximum absolute atomic E-state index is 4.44. The first-order chi connectivity index (χ1) is 7.28. The minimum atomic E-state index is 0. The van der Waals surface area contributed by atoms with Crippen molar-refractivity contribution in [1.29, 1.82) is 0 Å². The Labute approximate surface area is 130 Å². The molecule has 0 spiro atoms. The quantitative estimate of drug-likeness (QED) is 0.543. The summed E-state index contributed by atoms with van der Waals surface area (Å²) in [5.74, 6) is 0.885. The maximum Gasteiger partial charge on any atom is 0.162 e. The molecule has 0 aromatic carbocycles. The molecule has 0 amide bonds. The minimum absolute atomic E-state index is 0. The largest absolute Gasteiger partial charge is 0.320 e. The summed E-state index contributed by atoms with van der Waals surface area (Å²) in [6.45, 7) is 2.91. The number of thioether (sulfide) groups is 1. The SMILES string of the molecule is Cc1cccc(NC2=NCC(CI)S2)n1.I. The number of alkyl halides is 1. The van der Waals surface area contributed by atoms with Gasteiger partial charge in [0.15, 0.2) is 5.17 Å². The van der Waals surface area contributed by atoms with Crippen LogP contribution >= 0.6 is 58.3 Å². The smallest absolute Gasteiger partial charge is 0.162 e. The summed E-state index contributed by atoms with van der Waals surface area (Å²) in [6, 6.07) is 5.95. The van der Waals surface area contributed by atoms with Crippen molar-refractivity contribution in [2.45, 2.75) is 12.2 Å². The highest BCUT2D eigenvalue weighted by Gasteiger charge is 2.18. The van der Waals surface area contributed by atoms with Crippen molar-refractivity contribution in [3.05, 3.63) is 23.9 Å². The Morgan fingerprint density at radius 1 is 1.56 bits per heavy atom. The third-order valence-electron chi connectivity index (χ3n) is 2.01. The molecular formula is C10H13I2N3S. The number of hydrogen-bond donors (Lipinski definition) is 1. The number of aromatic nitrogens is 1. The summed E-state index contributed by atoms with van der Waals surface area (Å²) in [4.78, 5) is 8.82. The number of rotatable bonds is 2. The van der Waals surface area contributed by atoms with Crippen LogP contribution in [-0.2, 0) is 0 Å². The van der Waals surface area contributed by atoms with Gasteiger partial charge in [-0.1, -0.05) is 40.4 Å². The molecule has 6 heteroatoms. The molecule has 0 radical (unpaired) electrons. The standard InChI is InChI=1S/C10H12IN3S.HI/c1-7-3-2-4-9(13-7)14-10-12-6-8(5-11)15-10;/h2-4,8H,5-6H2,1H3,(H,12,13,14);1H. The van der Waals surface area contributed by atoms with Crippen LogP contribution in [0.15, 0.2) is 23.2 Å². The highest BCUT2D eigenvalue weighted by Crippen LogP contribution is 2.23. The van der Waals surface area contributed by atoms with E-state index in [0.717, 1.165) is 27.7 Å². The van der Waals surface area contributed by atoms with Gasteiger partial charge in [-0.2, -0.15) is 0 Å². The molecule has 2 rings (SSSR count). The fourth-order valence-electron chi connectivity index (χ4n) is 1.29. The van der Waals surface area contributed by atoms with Gasteiger partial charge in [0.25, 0.3) is 0 Å². The molecule has 0 saturated carbocycles. The van der Waals surface area contributed by atoms with E-state index in [1.165, 1.54) is 0 Å². The average molecular weight is 461 g/mol. The van der Waals surface area contributed by atoms with Crippen molar-refractivity contribution in [3.63, 3.8) is 0 Å². The second-order valence-electron chi connectivity index (χ2n) is 3.33. The molecule has 3 nitrogen and oxygen atoms in total. The Morgan fingerprint density at radius 2 is 2.38 bits per heavy atom. The van der Waals surface area contributed by atoms with Gasteiger partial charge in [-0.05, 0) is 19.1 Å². The highest BCUT2D eigenvalue weighted by molar-refractivity contribution is 14.1. The monoisotopic (exact) mass is 461 g/mol. The molecule has 1 unspecified atom stereocenters. The fourth-order valence-corrected chi connectivity index (χ4v) is 2.95. The van der Waals surface area contributed by atoms with E-state index in [1.54, 1.807) is 11.8 Å². The molecule has 1 N–H and O–H groups in total. The lowest BCUT2D eigenvalue weighted by Crippen LogP contribution is -2.09. The Bertz CT molecular complexity index is 384. The van der Waals surface area contributed by atoms with E-state index >= 15 is 0 Å². The lowest BCUT2D eigenvalue weighted by atomic mass is 10.4. The van der Waals surface area contributed by atoms with Crippen LogP contribution < -0.4 is 5.32 Å². The summed E-state index contributed by atoms with van der Waals surface area (Å²) in [7, 11) is 0. The van der Waals surface area contributed by atoms with E-state index in [4.69, 9.17) is 0 Å². The van der Waals surface area contributed by atoms with E-state index in [1.807, 2.05) is 25.1 Å². The number of nitrogens with zero attached hydrogens (tertiary/aromatic N) is 2. The van der Waals surface area contributed by atoms with Gasteiger partial charge in [-0.3, -0.25) is 4.99 Å². The van der Waals surface area contributed by atoms with Crippen LogP contribution in [0.25, 0.3) is 0 Å². The number of hydrogen-bond acceptors (Lipinski definition) is 4. The molecule has 0 fully saturated rings. The van der Waals surface area contributed by atoms with Gasteiger partial charge >= 0.3 is 0 Å². The van der Waals surface area contributed by atoms with Gasteiger partial charge in [0.05, 0.1) is 6.54 Å². The zero-order chi connectivity index (χ0) is 10.7. The second kappa shape index (κ2) is 7.00. The van der Waals surface area contributed by atoms with Crippen LogP contribution in [0.2, 0.25) is 0 Å². The summed E-state index contributed by atoms with van der Waals surface area (Å²) < 4.78 is 1.14. The van der Waals surface area contributed by atoms with Gasteiger partial charge in [-0.15, -0.1) is 24.0 Å². The number of nitrogens with one attached hydrogen (secondary N) is 1. The highest BCUT2D eigenvalue weighted by atomic mass is 127. The van der Waals surface area contributed by atoms with Gasteiger partial charge in [-0.25, -0.2) is 4.98 Å². The summed E-state index contributed by atoms with van der Waals surface area (Å²) in [5, 5.41) is 4.86. The minimum Gasteiger partial charge on any atom is -0.320 e.